The van der Waals surface area contributed by atoms with Gasteiger partial charge in [0, 0.05) is 16.8 Å². The normalized spacial score (nSPS) is 11.0. The van der Waals surface area contributed by atoms with Crippen LogP contribution >= 0.6 is 0 Å². The van der Waals surface area contributed by atoms with E-state index in [9.17, 15) is 4.79 Å². The van der Waals surface area contributed by atoms with Crippen LogP contribution in [-0.4, -0.2) is 24.3 Å². The fraction of sp³-hybridized carbons (Fsp3) is 0.276. The van der Waals surface area contributed by atoms with Gasteiger partial charge in [-0.05, 0) is 99.3 Å². The summed E-state index contributed by atoms with van der Waals surface area (Å²) in [5, 5.41) is 0.807. The molecule has 1 heterocycles. The number of aromatic nitrogens is 1. The predicted molar refractivity (Wildman–Crippen MR) is 136 cm³/mol. The van der Waals surface area contributed by atoms with E-state index in [1.165, 1.54) is 16.7 Å². The molecule has 176 valence electrons. The summed E-state index contributed by atoms with van der Waals surface area (Å²) in [4.78, 5) is 12.9. The van der Waals surface area contributed by atoms with Gasteiger partial charge in [0.25, 0.3) is 0 Å². The van der Waals surface area contributed by atoms with Crippen molar-refractivity contribution in [3.63, 3.8) is 0 Å². The van der Waals surface area contributed by atoms with E-state index in [0.717, 1.165) is 33.6 Å². The van der Waals surface area contributed by atoms with Crippen molar-refractivity contribution in [2.24, 2.45) is 0 Å². The van der Waals surface area contributed by atoms with Crippen molar-refractivity contribution in [1.29, 1.82) is 0 Å². The van der Waals surface area contributed by atoms with Crippen LogP contribution in [0.1, 0.15) is 45.2 Å². The van der Waals surface area contributed by atoms with E-state index in [-0.39, 0.29) is 5.97 Å². The summed E-state index contributed by atoms with van der Waals surface area (Å²) in [5.74, 6) is 1.16. The zero-order valence-corrected chi connectivity index (χ0v) is 20.7. The fourth-order valence-corrected chi connectivity index (χ4v) is 4.35. The third kappa shape index (κ3) is 4.38. The molecule has 0 aliphatic carbocycles. The molecule has 0 spiro atoms. The second-order valence-corrected chi connectivity index (χ2v) is 8.54. The Bertz CT molecular complexity index is 1350. The Balaban J connectivity index is 1.76. The molecule has 4 rings (SSSR count). The molecule has 34 heavy (non-hydrogen) atoms. The maximum atomic E-state index is 12.9. The third-order valence-corrected chi connectivity index (χ3v) is 6.33. The molecule has 0 bridgehead atoms. The lowest BCUT2D eigenvalue weighted by Gasteiger charge is -2.12. The van der Waals surface area contributed by atoms with E-state index in [4.69, 9.17) is 14.2 Å². The van der Waals surface area contributed by atoms with Gasteiger partial charge in [-0.2, -0.15) is 0 Å². The molecular formula is C29H31NO4. The molecule has 0 radical (unpaired) electrons. The highest BCUT2D eigenvalue weighted by atomic mass is 16.5. The molecule has 0 amide bonds. The smallest absolute Gasteiger partial charge is 0.340 e. The lowest BCUT2D eigenvalue weighted by atomic mass is 10.0. The largest absolute Gasteiger partial charge is 0.497 e. The van der Waals surface area contributed by atoms with Gasteiger partial charge in [-0.3, -0.25) is 0 Å². The van der Waals surface area contributed by atoms with Crippen molar-refractivity contribution in [2.75, 3.05) is 13.7 Å². The molecule has 0 aliphatic heterocycles. The SMILES string of the molecule is CCOC(=O)c1c(C)n(-c2ccc(OC)cc2)c2ccc(OCc3cc(C)c(C)cc3C)cc12. The Morgan fingerprint density at radius 3 is 2.21 bits per heavy atom. The first-order valence-corrected chi connectivity index (χ1v) is 11.5. The zero-order valence-electron chi connectivity index (χ0n) is 20.7. The number of esters is 1. The van der Waals surface area contributed by atoms with Crippen LogP contribution < -0.4 is 9.47 Å². The van der Waals surface area contributed by atoms with E-state index in [2.05, 4.69) is 37.5 Å². The molecule has 0 atom stereocenters. The predicted octanol–water partition coefficient (Wildman–Crippen LogP) is 6.63. The van der Waals surface area contributed by atoms with Gasteiger partial charge in [-0.1, -0.05) is 12.1 Å². The number of hydrogen-bond acceptors (Lipinski definition) is 4. The number of benzene rings is 3. The molecule has 3 aromatic carbocycles. The molecule has 4 aromatic rings. The Morgan fingerprint density at radius 2 is 1.53 bits per heavy atom. The lowest BCUT2D eigenvalue weighted by Crippen LogP contribution is -2.07. The monoisotopic (exact) mass is 457 g/mol. The lowest BCUT2D eigenvalue weighted by molar-refractivity contribution is 0.0527. The van der Waals surface area contributed by atoms with E-state index < -0.39 is 0 Å². The summed E-state index contributed by atoms with van der Waals surface area (Å²) < 4.78 is 18.9. The topological polar surface area (TPSA) is 49.7 Å². The molecule has 5 heteroatoms. The third-order valence-electron chi connectivity index (χ3n) is 6.33. The Morgan fingerprint density at radius 1 is 0.853 bits per heavy atom. The van der Waals surface area contributed by atoms with Crippen LogP contribution in [-0.2, 0) is 11.3 Å². The van der Waals surface area contributed by atoms with Crippen molar-refractivity contribution >= 4 is 16.9 Å². The number of rotatable bonds is 7. The first kappa shape index (κ1) is 23.4. The molecule has 0 fully saturated rings. The quantitative estimate of drug-likeness (QED) is 0.292. The number of fused-ring (bicyclic) bond motifs is 1. The summed E-state index contributed by atoms with van der Waals surface area (Å²) in [5.41, 5.74) is 8.12. The summed E-state index contributed by atoms with van der Waals surface area (Å²) in [6.07, 6.45) is 0. The molecule has 1 aromatic heterocycles. The van der Waals surface area contributed by atoms with Crippen molar-refractivity contribution < 1.29 is 19.0 Å². The molecule has 0 aliphatic rings. The van der Waals surface area contributed by atoms with Crippen LogP contribution in [0.25, 0.3) is 16.6 Å². The molecule has 0 N–H and O–H groups in total. The average molecular weight is 458 g/mol. The van der Waals surface area contributed by atoms with Gasteiger partial charge in [0.1, 0.15) is 18.1 Å². The molecule has 5 nitrogen and oxygen atoms in total. The van der Waals surface area contributed by atoms with Gasteiger partial charge in [-0.25, -0.2) is 4.79 Å². The Hall–Kier alpha value is -3.73. The number of nitrogens with zero attached hydrogens (tertiary/aromatic N) is 1. The molecule has 0 unspecified atom stereocenters. The number of methoxy groups -OCH3 is 1. The number of hydrogen-bond donors (Lipinski definition) is 0. The molecule has 0 saturated carbocycles. The maximum Gasteiger partial charge on any atom is 0.340 e. The van der Waals surface area contributed by atoms with Gasteiger partial charge in [0.05, 0.1) is 24.8 Å². The van der Waals surface area contributed by atoms with Crippen LogP contribution in [0.5, 0.6) is 11.5 Å². The molecule has 0 saturated heterocycles. The minimum absolute atomic E-state index is 0.315. The summed E-state index contributed by atoms with van der Waals surface area (Å²) in [6, 6.07) is 18.0. The number of carbonyl (C=O) groups excluding carboxylic acids is 1. The van der Waals surface area contributed by atoms with E-state index in [0.29, 0.717) is 24.5 Å². The number of carbonyl (C=O) groups is 1. The minimum atomic E-state index is -0.334. The Labute approximate surface area is 200 Å². The fourth-order valence-electron chi connectivity index (χ4n) is 4.35. The highest BCUT2D eigenvalue weighted by molar-refractivity contribution is 6.07. The first-order valence-electron chi connectivity index (χ1n) is 11.5. The van der Waals surface area contributed by atoms with Crippen LogP contribution in [0.2, 0.25) is 0 Å². The standard InChI is InChI=1S/C29H31NO4/c1-7-33-29(31)28-21(5)30(23-8-10-24(32-6)11-9-23)27-13-12-25(16-26(27)28)34-17-22-15-19(3)18(2)14-20(22)4/h8-16H,7,17H2,1-6H3. The van der Waals surface area contributed by atoms with Crippen LogP contribution in [0.4, 0.5) is 0 Å². The van der Waals surface area contributed by atoms with Crippen molar-refractivity contribution in [3.8, 4) is 17.2 Å². The summed E-state index contributed by atoms with van der Waals surface area (Å²) in [7, 11) is 1.64. The Kier molecular flexibility index (Phi) is 6.64. The highest BCUT2D eigenvalue weighted by Crippen LogP contribution is 2.33. The van der Waals surface area contributed by atoms with Crippen molar-refractivity contribution in [1.82, 2.24) is 4.57 Å². The van der Waals surface area contributed by atoms with Crippen molar-refractivity contribution in [3.05, 3.63) is 88.1 Å². The van der Waals surface area contributed by atoms with Crippen molar-refractivity contribution in [2.45, 2.75) is 41.2 Å². The van der Waals surface area contributed by atoms with Gasteiger partial charge in [0.15, 0.2) is 0 Å². The van der Waals surface area contributed by atoms with Crippen LogP contribution in [0, 0.1) is 27.7 Å². The average Bonchev–Trinajstić information content (AvgIpc) is 3.11. The van der Waals surface area contributed by atoms with Gasteiger partial charge >= 0.3 is 5.97 Å². The second kappa shape index (κ2) is 9.64. The van der Waals surface area contributed by atoms with E-state index in [1.54, 1.807) is 7.11 Å². The zero-order chi connectivity index (χ0) is 24.4. The number of ether oxygens (including phenoxy) is 3. The summed E-state index contributed by atoms with van der Waals surface area (Å²) in [6.45, 7) is 10.9. The van der Waals surface area contributed by atoms with Crippen LogP contribution in [0.3, 0.4) is 0 Å². The second-order valence-electron chi connectivity index (χ2n) is 8.54. The minimum Gasteiger partial charge on any atom is -0.497 e. The maximum absolute atomic E-state index is 12.9. The first-order chi connectivity index (χ1) is 16.3. The van der Waals surface area contributed by atoms with E-state index >= 15 is 0 Å². The number of aryl methyl sites for hydroxylation is 3. The van der Waals surface area contributed by atoms with Gasteiger partial charge in [0.2, 0.25) is 0 Å². The summed E-state index contributed by atoms with van der Waals surface area (Å²) >= 11 is 0. The van der Waals surface area contributed by atoms with Crippen LogP contribution in [0.15, 0.2) is 54.6 Å². The van der Waals surface area contributed by atoms with Gasteiger partial charge < -0.3 is 18.8 Å². The van der Waals surface area contributed by atoms with Gasteiger partial charge in [-0.15, -0.1) is 0 Å². The van der Waals surface area contributed by atoms with E-state index in [1.807, 2.05) is 56.3 Å². The molecular weight excluding hydrogens is 426 g/mol. The highest BCUT2D eigenvalue weighted by Gasteiger charge is 2.22.